The SMILES string of the molecule is C.C.C.C.[Cl][Ta]([Cl])([Cl])([Cl])[Cl]. The Bertz CT molecular complexity index is 46.8. The molecule has 10 heavy (non-hydrogen) atoms. The fourth-order valence-electron chi connectivity index (χ4n) is 0. The second-order valence-corrected chi connectivity index (χ2v) is 47.1. The van der Waals surface area contributed by atoms with E-state index in [-0.39, 0.29) is 29.7 Å². The minimum atomic E-state index is -4.44. The maximum absolute atomic E-state index is 5.06. The van der Waals surface area contributed by atoms with Gasteiger partial charge in [0.2, 0.25) is 0 Å². The first-order valence-corrected chi connectivity index (χ1v) is 20.8. The van der Waals surface area contributed by atoms with Crippen molar-refractivity contribution < 1.29 is 10.4 Å². The summed E-state index contributed by atoms with van der Waals surface area (Å²) in [5.74, 6) is 0. The van der Waals surface area contributed by atoms with Crippen LogP contribution in [0.25, 0.3) is 0 Å². The Morgan fingerprint density at radius 3 is 0.500 bits per heavy atom. The summed E-state index contributed by atoms with van der Waals surface area (Å²) >= 11 is 0. The molecule has 0 saturated carbocycles. The summed E-state index contributed by atoms with van der Waals surface area (Å²) in [5.41, 5.74) is 0. The Labute approximate surface area is 85.2 Å². The van der Waals surface area contributed by atoms with Crippen LogP contribution in [0.2, 0.25) is 0 Å². The third-order valence-corrected chi connectivity index (χ3v) is 0. The Morgan fingerprint density at radius 2 is 0.500 bits per heavy atom. The van der Waals surface area contributed by atoms with Gasteiger partial charge in [-0.15, -0.1) is 0 Å². The van der Waals surface area contributed by atoms with Crippen LogP contribution in [0.5, 0.6) is 0 Å². The van der Waals surface area contributed by atoms with Crippen molar-refractivity contribution in [2.75, 3.05) is 0 Å². The number of halogens is 5. The summed E-state index contributed by atoms with van der Waals surface area (Å²) in [6.45, 7) is 0. The Morgan fingerprint density at radius 1 is 0.500 bits per heavy atom. The molecule has 0 heterocycles. The third-order valence-electron chi connectivity index (χ3n) is 0. The van der Waals surface area contributed by atoms with Crippen molar-refractivity contribution in [1.82, 2.24) is 0 Å². The molecule has 0 rings (SSSR count). The van der Waals surface area contributed by atoms with Crippen LogP contribution in [-0.4, -0.2) is 0 Å². The predicted octanol–water partition coefficient (Wildman–Crippen LogP) is 5.99. The van der Waals surface area contributed by atoms with E-state index in [1.165, 1.54) is 0 Å². The average Bonchev–Trinajstić information content (AvgIpc) is 0.650. The van der Waals surface area contributed by atoms with Crippen LogP contribution >= 0.6 is 45.9 Å². The van der Waals surface area contributed by atoms with Gasteiger partial charge in [-0.05, 0) is 0 Å². The normalized spacial score (nSPS) is 11.5. The number of hydrogen-bond acceptors (Lipinski definition) is 0. The zero-order valence-corrected chi connectivity index (χ0v) is 9.33. The molecule has 0 aromatic heterocycles. The Kier molecular flexibility index (Phi) is 23.1. The number of hydrogen-bond donors (Lipinski definition) is 0. The molecule has 6 heteroatoms. The molecular formula is C4H16Cl5Ta. The van der Waals surface area contributed by atoms with E-state index in [0.717, 1.165) is 0 Å². The van der Waals surface area contributed by atoms with Crippen LogP contribution in [0.1, 0.15) is 29.7 Å². The molecule has 0 saturated heterocycles. The van der Waals surface area contributed by atoms with Crippen molar-refractivity contribution in [3.8, 4) is 0 Å². The molecule has 0 aliphatic heterocycles. The van der Waals surface area contributed by atoms with Gasteiger partial charge in [-0.1, -0.05) is 29.7 Å². The van der Waals surface area contributed by atoms with Gasteiger partial charge in [-0.25, -0.2) is 0 Å². The molecule has 0 unspecified atom stereocenters. The van der Waals surface area contributed by atoms with Gasteiger partial charge in [-0.3, -0.25) is 0 Å². The molecule has 0 aromatic carbocycles. The second kappa shape index (κ2) is 7.82. The van der Waals surface area contributed by atoms with Crippen molar-refractivity contribution in [2.45, 2.75) is 29.7 Å². The summed E-state index contributed by atoms with van der Waals surface area (Å²) in [6, 6.07) is 0. The van der Waals surface area contributed by atoms with E-state index in [0.29, 0.717) is 0 Å². The predicted molar refractivity (Wildman–Crippen MR) is 56.2 cm³/mol. The fourth-order valence-corrected chi connectivity index (χ4v) is 0. The van der Waals surface area contributed by atoms with Crippen LogP contribution in [-0.2, 0) is 10.4 Å². The Balaban J connectivity index is -0.0000000208. The van der Waals surface area contributed by atoms with E-state index in [2.05, 4.69) is 0 Å². The first kappa shape index (κ1) is 29.5. The van der Waals surface area contributed by atoms with Gasteiger partial charge in [0.15, 0.2) is 0 Å². The van der Waals surface area contributed by atoms with Gasteiger partial charge < -0.3 is 0 Å². The second-order valence-electron chi connectivity index (χ2n) is 0.639. The standard InChI is InChI=1S/4CH4.5ClH.Ta/h4*1H4;5*1H;/q;;;;;;;;;+5/p-5. The molecule has 0 aromatic rings. The van der Waals surface area contributed by atoms with Gasteiger partial charge in [0, 0.05) is 0 Å². The zero-order chi connectivity index (χ0) is 5.45. The van der Waals surface area contributed by atoms with Gasteiger partial charge in [-0.2, -0.15) is 0 Å². The quantitative estimate of drug-likeness (QED) is 0.450. The molecule has 0 aliphatic carbocycles. The Hall–Kier alpha value is 2.19. The van der Waals surface area contributed by atoms with E-state index in [4.69, 9.17) is 45.9 Å². The molecule has 72 valence electrons. The fraction of sp³-hybridized carbons (Fsp3) is 1.00. The van der Waals surface area contributed by atoms with Crippen LogP contribution in [0.4, 0.5) is 0 Å². The first-order chi connectivity index (χ1) is 2.24. The summed E-state index contributed by atoms with van der Waals surface area (Å²) in [4.78, 5) is 0. The maximum atomic E-state index is 5.06. The summed E-state index contributed by atoms with van der Waals surface area (Å²) in [7, 11) is 20.9. The van der Waals surface area contributed by atoms with Crippen molar-refractivity contribution in [2.24, 2.45) is 0 Å². The van der Waals surface area contributed by atoms with Gasteiger partial charge >= 0.3 is 56.4 Å². The molecule has 0 amide bonds. The van der Waals surface area contributed by atoms with Gasteiger partial charge in [0.25, 0.3) is 0 Å². The van der Waals surface area contributed by atoms with Crippen LogP contribution in [0.3, 0.4) is 0 Å². The van der Waals surface area contributed by atoms with Crippen LogP contribution in [0.15, 0.2) is 0 Å². The molecule has 0 fully saturated rings. The minimum absolute atomic E-state index is 0. The summed E-state index contributed by atoms with van der Waals surface area (Å²) in [6.07, 6.45) is 0. The topological polar surface area (TPSA) is 0 Å². The van der Waals surface area contributed by atoms with E-state index in [1.54, 1.807) is 0 Å². The van der Waals surface area contributed by atoms with E-state index < -0.39 is 10.4 Å². The average molecular weight is 422 g/mol. The van der Waals surface area contributed by atoms with Gasteiger partial charge in [0.1, 0.15) is 0 Å². The first-order valence-electron chi connectivity index (χ1n) is 0.845. The van der Waals surface area contributed by atoms with E-state index in [9.17, 15) is 0 Å². The van der Waals surface area contributed by atoms with Crippen LogP contribution < -0.4 is 0 Å². The zero-order valence-electron chi connectivity index (χ0n) is 2.34. The van der Waals surface area contributed by atoms with E-state index in [1.807, 2.05) is 0 Å². The van der Waals surface area contributed by atoms with Crippen molar-refractivity contribution >= 4 is 45.9 Å². The summed E-state index contributed by atoms with van der Waals surface area (Å²) < 4.78 is 0. The molecule has 0 N–H and O–H groups in total. The number of rotatable bonds is 0. The molecule has 0 radical (unpaired) electrons. The van der Waals surface area contributed by atoms with Crippen molar-refractivity contribution in [3.63, 3.8) is 0 Å². The molecule has 0 spiro atoms. The van der Waals surface area contributed by atoms with Crippen molar-refractivity contribution in [3.05, 3.63) is 0 Å². The summed E-state index contributed by atoms with van der Waals surface area (Å²) in [5, 5.41) is 0. The molecule has 0 aliphatic rings. The molecule has 0 nitrogen and oxygen atoms in total. The molecule has 0 atom stereocenters. The molecular weight excluding hydrogens is 406 g/mol. The monoisotopic (exact) mass is 420 g/mol. The third kappa shape index (κ3) is 179. The van der Waals surface area contributed by atoms with E-state index >= 15 is 0 Å². The van der Waals surface area contributed by atoms with Gasteiger partial charge in [0.05, 0.1) is 0 Å². The molecule has 0 bridgehead atoms. The van der Waals surface area contributed by atoms with Crippen LogP contribution in [0, 0.1) is 0 Å². The van der Waals surface area contributed by atoms with Crippen molar-refractivity contribution in [1.29, 1.82) is 0 Å².